The molecule has 0 aliphatic heterocycles. The smallest absolute Gasteiger partial charge is 0.101 e. The molecule has 78 valence electrons. The third kappa shape index (κ3) is 4.94. The molecule has 0 aliphatic carbocycles. The van der Waals surface area contributed by atoms with Gasteiger partial charge in [-0.3, -0.25) is 4.98 Å². The third-order valence-corrected chi connectivity index (χ3v) is 2.21. The average Bonchev–Trinajstić information content (AvgIpc) is 2.18. The second-order valence-electron chi connectivity index (χ2n) is 3.95. The molecule has 3 nitrogen and oxygen atoms in total. The molecule has 3 N–H and O–H groups in total. The fourth-order valence-corrected chi connectivity index (χ4v) is 1.39. The Hall–Kier alpha value is -0.930. The van der Waals surface area contributed by atoms with Crippen LogP contribution in [0.15, 0.2) is 24.5 Å². The molecule has 1 rings (SSSR count). The van der Waals surface area contributed by atoms with Crippen LogP contribution in [-0.4, -0.2) is 32.2 Å². The molecule has 1 heterocycles. The number of pyridine rings is 1. The van der Waals surface area contributed by atoms with E-state index in [1.54, 1.807) is 0 Å². The van der Waals surface area contributed by atoms with Gasteiger partial charge in [0.2, 0.25) is 0 Å². The Morgan fingerprint density at radius 1 is 1.29 bits per heavy atom. The topological polar surface area (TPSA) is 33.9 Å². The van der Waals surface area contributed by atoms with E-state index in [0.717, 1.165) is 6.54 Å². The number of aromatic nitrogens is 1. The Labute approximate surface area is 86.2 Å². The van der Waals surface area contributed by atoms with Crippen LogP contribution in [-0.2, 0) is 6.54 Å². The summed E-state index contributed by atoms with van der Waals surface area (Å²) < 4.78 is 0. The minimum atomic E-state index is 1.07. The van der Waals surface area contributed by atoms with Crippen LogP contribution in [0.5, 0.6) is 0 Å². The Morgan fingerprint density at radius 3 is 2.64 bits per heavy atom. The van der Waals surface area contributed by atoms with Gasteiger partial charge in [0.15, 0.2) is 0 Å². The van der Waals surface area contributed by atoms with Gasteiger partial charge >= 0.3 is 0 Å². The first-order valence-corrected chi connectivity index (χ1v) is 5.28. The standard InChI is InChI=1S/C11H19N3/c1-14(2)9-3-6-13-10-11-4-7-12-8-5-11/h4-5,7-8,13H,3,6,9-10H2,1-2H3/p+2. The van der Waals surface area contributed by atoms with Crippen molar-refractivity contribution < 1.29 is 10.2 Å². The Bertz CT molecular complexity index is 234. The molecule has 0 radical (unpaired) electrons. The molecule has 3 heteroatoms. The fourth-order valence-electron chi connectivity index (χ4n) is 1.39. The van der Waals surface area contributed by atoms with Crippen molar-refractivity contribution in [3.8, 4) is 0 Å². The lowest BCUT2D eigenvalue weighted by Crippen LogP contribution is -3.06. The molecule has 14 heavy (non-hydrogen) atoms. The van der Waals surface area contributed by atoms with E-state index in [2.05, 4.69) is 36.5 Å². The lowest BCUT2D eigenvalue weighted by molar-refractivity contribution is -0.860. The minimum absolute atomic E-state index is 1.07. The largest absolute Gasteiger partial charge is 0.342 e. The first kappa shape index (κ1) is 11.1. The molecule has 1 aromatic heterocycles. The van der Waals surface area contributed by atoms with E-state index in [1.807, 2.05) is 12.4 Å². The average molecular weight is 195 g/mol. The molecule has 0 amide bonds. The normalized spacial score (nSPS) is 10.8. The zero-order chi connectivity index (χ0) is 10.2. The monoisotopic (exact) mass is 195 g/mol. The van der Waals surface area contributed by atoms with Crippen LogP contribution in [0.4, 0.5) is 0 Å². The first-order chi connectivity index (χ1) is 6.79. The maximum atomic E-state index is 4.00. The van der Waals surface area contributed by atoms with Gasteiger partial charge in [-0.2, -0.15) is 0 Å². The first-order valence-electron chi connectivity index (χ1n) is 5.28. The van der Waals surface area contributed by atoms with Crippen molar-refractivity contribution in [2.45, 2.75) is 13.0 Å². The molecule has 0 bridgehead atoms. The van der Waals surface area contributed by atoms with Gasteiger partial charge in [0.1, 0.15) is 6.54 Å². The Kier molecular flexibility index (Phi) is 5.19. The lowest BCUT2D eigenvalue weighted by Gasteiger charge is -2.05. The van der Waals surface area contributed by atoms with Gasteiger partial charge in [-0.1, -0.05) is 0 Å². The van der Waals surface area contributed by atoms with E-state index in [0.29, 0.717) is 0 Å². The maximum absolute atomic E-state index is 4.00. The third-order valence-electron chi connectivity index (χ3n) is 2.21. The molecule has 0 aliphatic rings. The summed E-state index contributed by atoms with van der Waals surface area (Å²) in [4.78, 5) is 5.53. The van der Waals surface area contributed by atoms with Gasteiger partial charge in [0.05, 0.1) is 27.2 Å². The van der Waals surface area contributed by atoms with Gasteiger partial charge < -0.3 is 10.2 Å². The maximum Gasteiger partial charge on any atom is 0.101 e. The number of nitrogens with one attached hydrogen (secondary N) is 1. The number of quaternary nitrogens is 2. The van der Waals surface area contributed by atoms with Crippen LogP contribution < -0.4 is 10.2 Å². The summed E-state index contributed by atoms with van der Waals surface area (Å²) >= 11 is 0. The van der Waals surface area contributed by atoms with Gasteiger partial charge in [0, 0.05) is 24.4 Å². The van der Waals surface area contributed by atoms with Crippen molar-refractivity contribution >= 4 is 0 Å². The highest BCUT2D eigenvalue weighted by atomic mass is 15.0. The second kappa shape index (κ2) is 6.51. The summed E-state index contributed by atoms with van der Waals surface area (Å²) in [5.41, 5.74) is 1.36. The van der Waals surface area contributed by atoms with Crippen molar-refractivity contribution in [2.75, 3.05) is 27.2 Å². The molecular weight excluding hydrogens is 174 g/mol. The molecule has 0 aromatic carbocycles. The number of nitrogens with two attached hydrogens (primary N) is 1. The number of hydrogen-bond donors (Lipinski definition) is 2. The van der Waals surface area contributed by atoms with Crippen molar-refractivity contribution in [2.24, 2.45) is 0 Å². The quantitative estimate of drug-likeness (QED) is 0.543. The van der Waals surface area contributed by atoms with E-state index in [4.69, 9.17) is 0 Å². The number of rotatable bonds is 6. The predicted molar refractivity (Wildman–Crippen MR) is 57.0 cm³/mol. The molecule has 0 fully saturated rings. The summed E-state index contributed by atoms with van der Waals surface area (Å²) in [6.07, 6.45) is 4.99. The van der Waals surface area contributed by atoms with Crippen LogP contribution in [0, 0.1) is 0 Å². The lowest BCUT2D eigenvalue weighted by atomic mass is 10.2. The van der Waals surface area contributed by atoms with Crippen molar-refractivity contribution in [3.05, 3.63) is 30.1 Å². The highest BCUT2D eigenvalue weighted by molar-refractivity contribution is 5.07. The summed E-state index contributed by atoms with van der Waals surface area (Å²) in [6, 6.07) is 4.15. The van der Waals surface area contributed by atoms with Crippen LogP contribution >= 0.6 is 0 Å². The molecular formula is C11H21N3+2. The zero-order valence-electron chi connectivity index (χ0n) is 9.16. The van der Waals surface area contributed by atoms with E-state index in [-0.39, 0.29) is 0 Å². The van der Waals surface area contributed by atoms with E-state index in [1.165, 1.54) is 30.0 Å². The molecule has 0 saturated heterocycles. The molecule has 0 unspecified atom stereocenters. The van der Waals surface area contributed by atoms with Crippen LogP contribution in [0.3, 0.4) is 0 Å². The Morgan fingerprint density at radius 2 is 2.00 bits per heavy atom. The summed E-state index contributed by atoms with van der Waals surface area (Å²) in [5, 5.41) is 2.36. The van der Waals surface area contributed by atoms with Crippen molar-refractivity contribution in [1.82, 2.24) is 4.98 Å². The molecule has 1 aromatic rings. The molecule has 0 saturated carbocycles. The Balaban J connectivity index is 2.05. The van der Waals surface area contributed by atoms with Crippen LogP contribution in [0.1, 0.15) is 12.0 Å². The molecule has 0 atom stereocenters. The summed E-state index contributed by atoms with van der Waals surface area (Å²) in [5.74, 6) is 0. The highest BCUT2D eigenvalue weighted by Gasteiger charge is 1.96. The summed E-state index contributed by atoms with van der Waals surface area (Å²) in [7, 11) is 4.39. The van der Waals surface area contributed by atoms with E-state index < -0.39 is 0 Å². The van der Waals surface area contributed by atoms with Crippen molar-refractivity contribution in [1.29, 1.82) is 0 Å². The summed E-state index contributed by atoms with van der Waals surface area (Å²) in [6.45, 7) is 3.55. The van der Waals surface area contributed by atoms with Crippen LogP contribution in [0.2, 0.25) is 0 Å². The zero-order valence-corrected chi connectivity index (χ0v) is 9.16. The number of hydrogen-bond acceptors (Lipinski definition) is 1. The SMILES string of the molecule is C[NH+](C)CCC[NH2+]Cc1ccncc1. The van der Waals surface area contributed by atoms with Crippen LogP contribution in [0.25, 0.3) is 0 Å². The van der Waals surface area contributed by atoms with Gasteiger partial charge in [-0.25, -0.2) is 0 Å². The fraction of sp³-hybridized carbons (Fsp3) is 0.545. The van der Waals surface area contributed by atoms with Crippen molar-refractivity contribution in [3.63, 3.8) is 0 Å². The van der Waals surface area contributed by atoms with Gasteiger partial charge in [0.25, 0.3) is 0 Å². The highest BCUT2D eigenvalue weighted by Crippen LogP contribution is 1.91. The second-order valence-corrected chi connectivity index (χ2v) is 3.95. The minimum Gasteiger partial charge on any atom is -0.342 e. The number of nitrogens with zero attached hydrogens (tertiary/aromatic N) is 1. The van der Waals surface area contributed by atoms with E-state index in [9.17, 15) is 0 Å². The van der Waals surface area contributed by atoms with Gasteiger partial charge in [-0.05, 0) is 12.1 Å². The molecule has 0 spiro atoms. The van der Waals surface area contributed by atoms with Gasteiger partial charge in [-0.15, -0.1) is 0 Å². The van der Waals surface area contributed by atoms with E-state index >= 15 is 0 Å². The predicted octanol–water partition coefficient (Wildman–Crippen LogP) is -1.32.